The van der Waals surface area contributed by atoms with E-state index in [9.17, 15) is 9.18 Å². The van der Waals surface area contributed by atoms with Gasteiger partial charge in [-0.15, -0.1) is 0 Å². The fourth-order valence-electron chi connectivity index (χ4n) is 3.28. The largest absolute Gasteiger partial charge is 0.469 e. The van der Waals surface area contributed by atoms with Crippen molar-refractivity contribution >= 4 is 17.7 Å². The second kappa shape index (κ2) is 16.5. The number of alkyl halides is 1. The Morgan fingerprint density at radius 3 is 2.72 bits per heavy atom. The number of hydrogen-bond donors (Lipinski definition) is 0. The van der Waals surface area contributed by atoms with E-state index >= 15 is 0 Å². The van der Waals surface area contributed by atoms with Crippen LogP contribution in [-0.2, 0) is 27.3 Å². The first-order valence-electron chi connectivity index (χ1n) is 10.6. The molecule has 0 heterocycles. The van der Waals surface area contributed by atoms with E-state index in [2.05, 4.69) is 48.1 Å². The van der Waals surface area contributed by atoms with Gasteiger partial charge in [0.25, 0.3) is 0 Å². The first kappa shape index (κ1) is 25.7. The minimum absolute atomic E-state index is 0.100. The molecule has 0 aromatic heterocycles. The highest BCUT2D eigenvalue weighted by Gasteiger charge is 2.21. The van der Waals surface area contributed by atoms with E-state index < -0.39 is 6.17 Å². The van der Waals surface area contributed by atoms with E-state index in [0.29, 0.717) is 18.9 Å². The number of aryl methyl sites for hydroxylation is 1. The van der Waals surface area contributed by atoms with Gasteiger partial charge in [0.15, 0.2) is 0 Å². The fraction of sp³-hybridized carbons (Fsp3) is 0.625. The molecule has 0 amide bonds. The highest BCUT2D eigenvalue weighted by molar-refractivity contribution is 7.99. The molecule has 1 aliphatic rings. The van der Waals surface area contributed by atoms with Crippen molar-refractivity contribution in [2.45, 2.75) is 64.6 Å². The standard InChI is InChI=1S/C17H23FO.C7H14O2S/c1-19-13-16-8-4-7-14(11-16)5-2-3-6-15-9-10-17(18)12-15;1-3-10-6-4-5-7(8)9-2/h3-4,6-8,11,15,17H,2,5,9-10,12-13H2,1H3;3-6H2,1-2H3/b6-3+;. The summed E-state index contributed by atoms with van der Waals surface area (Å²) in [6.07, 6.45) is 9.90. The number of methoxy groups -OCH3 is 2. The average molecular weight is 425 g/mol. The smallest absolute Gasteiger partial charge is 0.305 e. The van der Waals surface area contributed by atoms with E-state index in [-0.39, 0.29) is 5.97 Å². The minimum Gasteiger partial charge on any atom is -0.469 e. The lowest BCUT2D eigenvalue weighted by Crippen LogP contribution is -1.99. The molecule has 0 N–H and O–H groups in total. The van der Waals surface area contributed by atoms with Crippen molar-refractivity contribution < 1.29 is 18.7 Å². The first-order valence-corrected chi connectivity index (χ1v) is 11.8. The molecule has 1 saturated carbocycles. The summed E-state index contributed by atoms with van der Waals surface area (Å²) in [5, 5.41) is 0. The Bertz CT molecular complexity index is 591. The summed E-state index contributed by atoms with van der Waals surface area (Å²) in [4.78, 5) is 10.5. The molecule has 0 aliphatic heterocycles. The number of esters is 1. The zero-order valence-corrected chi connectivity index (χ0v) is 19.0. The Balaban J connectivity index is 0.000000359. The Morgan fingerprint density at radius 1 is 1.28 bits per heavy atom. The number of benzene rings is 1. The van der Waals surface area contributed by atoms with Crippen molar-refractivity contribution in [3.8, 4) is 0 Å². The zero-order valence-electron chi connectivity index (χ0n) is 18.2. The Morgan fingerprint density at radius 2 is 2.07 bits per heavy atom. The van der Waals surface area contributed by atoms with Gasteiger partial charge in [-0.05, 0) is 67.1 Å². The van der Waals surface area contributed by atoms with Crippen LogP contribution in [0.2, 0.25) is 0 Å². The third-order valence-electron chi connectivity index (χ3n) is 4.82. The van der Waals surface area contributed by atoms with E-state index in [0.717, 1.165) is 50.0 Å². The van der Waals surface area contributed by atoms with Gasteiger partial charge in [0.05, 0.1) is 13.7 Å². The quantitative estimate of drug-likeness (QED) is 0.242. The van der Waals surface area contributed by atoms with Crippen LogP contribution in [0.4, 0.5) is 4.39 Å². The van der Waals surface area contributed by atoms with Crippen LogP contribution in [0.1, 0.15) is 56.6 Å². The number of ether oxygens (including phenoxy) is 2. The summed E-state index contributed by atoms with van der Waals surface area (Å²) < 4.78 is 22.6. The topological polar surface area (TPSA) is 35.5 Å². The number of carbonyl (C=O) groups is 1. The van der Waals surface area contributed by atoms with Gasteiger partial charge in [-0.2, -0.15) is 11.8 Å². The van der Waals surface area contributed by atoms with Gasteiger partial charge in [-0.25, -0.2) is 4.39 Å². The average Bonchev–Trinajstić information content (AvgIpc) is 3.14. The van der Waals surface area contributed by atoms with Crippen LogP contribution in [0.5, 0.6) is 0 Å². The van der Waals surface area contributed by atoms with Crippen molar-refractivity contribution in [2.24, 2.45) is 5.92 Å². The van der Waals surface area contributed by atoms with E-state index in [4.69, 9.17) is 4.74 Å². The summed E-state index contributed by atoms with van der Waals surface area (Å²) >= 11 is 1.85. The van der Waals surface area contributed by atoms with Crippen LogP contribution >= 0.6 is 11.8 Å². The molecule has 0 saturated heterocycles. The number of allylic oxidation sites excluding steroid dienone is 2. The van der Waals surface area contributed by atoms with Gasteiger partial charge in [0.2, 0.25) is 0 Å². The van der Waals surface area contributed by atoms with Gasteiger partial charge >= 0.3 is 5.97 Å². The van der Waals surface area contributed by atoms with Crippen LogP contribution < -0.4 is 0 Å². The van der Waals surface area contributed by atoms with Crippen LogP contribution in [-0.4, -0.2) is 37.9 Å². The molecule has 164 valence electrons. The Kier molecular flexibility index (Phi) is 14.6. The molecule has 0 spiro atoms. The summed E-state index contributed by atoms with van der Waals surface area (Å²) in [7, 11) is 3.14. The maximum atomic E-state index is 13.0. The Labute approximate surface area is 180 Å². The summed E-state index contributed by atoms with van der Waals surface area (Å²) in [6.45, 7) is 2.78. The third kappa shape index (κ3) is 12.8. The predicted octanol–water partition coefficient (Wildman–Crippen LogP) is 6.15. The lowest BCUT2D eigenvalue weighted by molar-refractivity contribution is -0.140. The molecule has 2 atom stereocenters. The van der Waals surface area contributed by atoms with Crippen molar-refractivity contribution in [2.75, 3.05) is 25.7 Å². The fourth-order valence-corrected chi connectivity index (χ4v) is 3.92. The highest BCUT2D eigenvalue weighted by Crippen LogP contribution is 2.28. The molecule has 3 nitrogen and oxygen atoms in total. The molecule has 2 unspecified atom stereocenters. The molecule has 1 fully saturated rings. The minimum atomic E-state index is -0.569. The van der Waals surface area contributed by atoms with Gasteiger partial charge in [-0.3, -0.25) is 4.79 Å². The van der Waals surface area contributed by atoms with Crippen LogP contribution in [0.15, 0.2) is 36.4 Å². The number of rotatable bonds is 11. The van der Waals surface area contributed by atoms with E-state index in [1.54, 1.807) is 7.11 Å². The SMILES string of the molecule is CCSCCCC(=O)OC.COCc1cccc(CC/C=C/C2CCC(F)C2)c1. The lowest BCUT2D eigenvalue weighted by atomic mass is 10.0. The van der Waals surface area contributed by atoms with Gasteiger partial charge in [-0.1, -0.05) is 43.3 Å². The molecule has 1 aliphatic carbocycles. The molecule has 0 radical (unpaired) electrons. The normalized spacial score (nSPS) is 18.5. The third-order valence-corrected chi connectivity index (χ3v) is 5.81. The van der Waals surface area contributed by atoms with Crippen molar-refractivity contribution in [1.82, 2.24) is 0 Å². The van der Waals surface area contributed by atoms with Gasteiger partial charge in [0.1, 0.15) is 6.17 Å². The highest BCUT2D eigenvalue weighted by atomic mass is 32.2. The van der Waals surface area contributed by atoms with Crippen molar-refractivity contribution in [3.05, 3.63) is 47.5 Å². The molecule has 0 bridgehead atoms. The molecule has 2 rings (SSSR count). The number of hydrogen-bond acceptors (Lipinski definition) is 4. The van der Waals surface area contributed by atoms with Crippen LogP contribution in [0, 0.1) is 5.92 Å². The molecule has 5 heteroatoms. The summed E-state index contributed by atoms with van der Waals surface area (Å²) in [5.41, 5.74) is 2.56. The van der Waals surface area contributed by atoms with E-state index in [1.165, 1.54) is 18.2 Å². The molecule has 1 aromatic rings. The zero-order chi connectivity index (χ0) is 21.3. The second-order valence-electron chi connectivity index (χ2n) is 7.27. The van der Waals surface area contributed by atoms with Gasteiger partial charge < -0.3 is 9.47 Å². The molecular weight excluding hydrogens is 387 g/mol. The monoisotopic (exact) mass is 424 g/mol. The summed E-state index contributed by atoms with van der Waals surface area (Å²) in [5.74, 6) is 2.55. The number of thioether (sulfide) groups is 1. The lowest BCUT2D eigenvalue weighted by Gasteiger charge is -2.04. The van der Waals surface area contributed by atoms with Crippen LogP contribution in [0.25, 0.3) is 0 Å². The number of halogens is 1. The number of carbonyl (C=O) groups excluding carboxylic acids is 1. The molecule has 29 heavy (non-hydrogen) atoms. The van der Waals surface area contributed by atoms with Crippen molar-refractivity contribution in [3.63, 3.8) is 0 Å². The van der Waals surface area contributed by atoms with Crippen LogP contribution in [0.3, 0.4) is 0 Å². The maximum Gasteiger partial charge on any atom is 0.305 e. The molecule has 1 aromatic carbocycles. The predicted molar refractivity (Wildman–Crippen MR) is 121 cm³/mol. The van der Waals surface area contributed by atoms with Gasteiger partial charge in [0, 0.05) is 13.5 Å². The molecular formula is C24H37FO3S. The maximum absolute atomic E-state index is 13.0. The van der Waals surface area contributed by atoms with Crippen molar-refractivity contribution in [1.29, 1.82) is 0 Å². The van der Waals surface area contributed by atoms with E-state index in [1.807, 2.05) is 11.8 Å². The Hall–Kier alpha value is -1.33. The first-order chi connectivity index (χ1) is 14.1. The second-order valence-corrected chi connectivity index (χ2v) is 8.66. The summed E-state index contributed by atoms with van der Waals surface area (Å²) in [6, 6.07) is 8.52.